The Bertz CT molecular complexity index is 546. The third-order valence-electron chi connectivity index (χ3n) is 3.42. The molecule has 0 N–H and O–H groups in total. The molecule has 2 aromatic carbocycles. The van der Waals surface area contributed by atoms with Crippen molar-refractivity contribution in [3.8, 4) is 0 Å². The molecule has 2 nitrogen and oxygen atoms in total. The molecule has 0 saturated heterocycles. The van der Waals surface area contributed by atoms with Crippen LogP contribution in [0.3, 0.4) is 0 Å². The van der Waals surface area contributed by atoms with Gasteiger partial charge in [-0.3, -0.25) is 0 Å². The molecule has 0 aliphatic rings. The van der Waals surface area contributed by atoms with Crippen molar-refractivity contribution in [2.45, 2.75) is 12.2 Å². The van der Waals surface area contributed by atoms with Gasteiger partial charge in [-0.2, -0.15) is 0 Å². The van der Waals surface area contributed by atoms with Gasteiger partial charge in [0.15, 0.2) is 0 Å². The van der Waals surface area contributed by atoms with Gasteiger partial charge in [-0.15, -0.1) is 23.2 Å². The second-order valence-electron chi connectivity index (χ2n) is 5.06. The highest BCUT2D eigenvalue weighted by Gasteiger charge is 2.26. The smallest absolute Gasteiger partial charge is 0.113 e. The molecule has 0 spiro atoms. The van der Waals surface area contributed by atoms with Crippen LogP contribution >= 0.6 is 46.4 Å². The van der Waals surface area contributed by atoms with Gasteiger partial charge in [0.1, 0.15) is 12.2 Å². The van der Waals surface area contributed by atoms with Crippen LogP contribution in [0.4, 0.5) is 0 Å². The van der Waals surface area contributed by atoms with E-state index in [1.165, 1.54) is 0 Å². The minimum absolute atomic E-state index is 0.328. The lowest BCUT2D eigenvalue weighted by Crippen LogP contribution is -2.20. The summed E-state index contributed by atoms with van der Waals surface area (Å²) in [6.45, 7) is 0.812. The average Bonchev–Trinajstić information content (AvgIpc) is 2.60. The second kappa shape index (κ2) is 10.5. The van der Waals surface area contributed by atoms with Crippen molar-refractivity contribution >= 4 is 46.4 Å². The number of benzene rings is 2. The summed E-state index contributed by atoms with van der Waals surface area (Å²) in [4.78, 5) is 0. The van der Waals surface area contributed by atoms with Gasteiger partial charge in [0.05, 0.1) is 13.2 Å². The lowest BCUT2D eigenvalue weighted by molar-refractivity contribution is -0.0704. The van der Waals surface area contributed by atoms with E-state index in [4.69, 9.17) is 55.9 Å². The minimum atomic E-state index is -0.328. The van der Waals surface area contributed by atoms with Crippen molar-refractivity contribution in [1.82, 2.24) is 0 Å². The number of hydrogen-bond donors (Lipinski definition) is 0. The van der Waals surface area contributed by atoms with E-state index in [0.717, 1.165) is 11.1 Å². The SMILES string of the molecule is ClCCOC(c1ccc(Cl)cc1)C(OCCCl)c1ccc(Cl)cc1. The van der Waals surface area contributed by atoms with Crippen LogP contribution in [0.2, 0.25) is 10.0 Å². The van der Waals surface area contributed by atoms with E-state index in [9.17, 15) is 0 Å². The maximum absolute atomic E-state index is 5.99. The van der Waals surface area contributed by atoms with Gasteiger partial charge in [0, 0.05) is 21.8 Å². The molecule has 130 valence electrons. The second-order valence-corrected chi connectivity index (χ2v) is 6.69. The molecule has 2 unspecified atom stereocenters. The van der Waals surface area contributed by atoms with Crippen molar-refractivity contribution in [1.29, 1.82) is 0 Å². The van der Waals surface area contributed by atoms with Gasteiger partial charge in [0.25, 0.3) is 0 Å². The summed E-state index contributed by atoms with van der Waals surface area (Å²) in [7, 11) is 0. The number of ether oxygens (including phenoxy) is 2. The zero-order valence-electron chi connectivity index (χ0n) is 12.9. The summed E-state index contributed by atoms with van der Waals surface area (Å²) < 4.78 is 12.0. The average molecular weight is 408 g/mol. The topological polar surface area (TPSA) is 18.5 Å². The molecule has 0 aliphatic heterocycles. The van der Waals surface area contributed by atoms with Gasteiger partial charge in [0.2, 0.25) is 0 Å². The highest BCUT2D eigenvalue weighted by molar-refractivity contribution is 6.30. The summed E-state index contributed by atoms with van der Waals surface area (Å²) in [6.07, 6.45) is -0.657. The highest BCUT2D eigenvalue weighted by atomic mass is 35.5. The van der Waals surface area contributed by atoms with Gasteiger partial charge >= 0.3 is 0 Å². The van der Waals surface area contributed by atoms with Crippen molar-refractivity contribution < 1.29 is 9.47 Å². The van der Waals surface area contributed by atoms with Crippen LogP contribution in [0.5, 0.6) is 0 Å². The molecule has 0 bridgehead atoms. The number of rotatable bonds is 9. The van der Waals surface area contributed by atoms with Crippen molar-refractivity contribution in [2.75, 3.05) is 25.0 Å². The predicted octanol–water partition coefficient (Wildman–Crippen LogP) is 6.29. The molecular formula is C18H18Cl4O2. The molecule has 0 aromatic heterocycles. The van der Waals surface area contributed by atoms with Crippen molar-refractivity contribution in [3.63, 3.8) is 0 Å². The first-order chi connectivity index (χ1) is 11.7. The van der Waals surface area contributed by atoms with E-state index in [1.54, 1.807) is 0 Å². The van der Waals surface area contributed by atoms with Crippen LogP contribution in [0.25, 0.3) is 0 Å². The first kappa shape index (κ1) is 19.8. The minimum Gasteiger partial charge on any atom is -0.369 e. The molecule has 0 amide bonds. The molecule has 0 fully saturated rings. The first-order valence-corrected chi connectivity index (χ1v) is 9.34. The van der Waals surface area contributed by atoms with Crippen molar-refractivity contribution in [2.24, 2.45) is 0 Å². The predicted molar refractivity (Wildman–Crippen MR) is 102 cm³/mol. The quantitative estimate of drug-likeness (QED) is 0.455. The zero-order chi connectivity index (χ0) is 17.4. The maximum Gasteiger partial charge on any atom is 0.113 e. The summed E-state index contributed by atoms with van der Waals surface area (Å²) >= 11 is 23.6. The lowest BCUT2D eigenvalue weighted by atomic mass is 9.98. The summed E-state index contributed by atoms with van der Waals surface area (Å²) in [5.74, 6) is 0.792. The summed E-state index contributed by atoms with van der Waals surface area (Å²) in [6, 6.07) is 15.0. The Balaban J connectivity index is 2.35. The van der Waals surface area contributed by atoms with Gasteiger partial charge in [-0.25, -0.2) is 0 Å². The monoisotopic (exact) mass is 406 g/mol. The highest BCUT2D eigenvalue weighted by Crippen LogP contribution is 2.36. The van der Waals surface area contributed by atoms with E-state index in [0.29, 0.717) is 35.0 Å². The molecular weight excluding hydrogens is 390 g/mol. The molecule has 24 heavy (non-hydrogen) atoms. The number of alkyl halides is 2. The van der Waals surface area contributed by atoms with Crippen LogP contribution in [0.15, 0.2) is 48.5 Å². The van der Waals surface area contributed by atoms with Crippen LogP contribution in [0.1, 0.15) is 23.3 Å². The fraction of sp³-hybridized carbons (Fsp3) is 0.333. The number of hydrogen-bond acceptors (Lipinski definition) is 2. The Labute approximate surface area is 162 Å². The van der Waals surface area contributed by atoms with Crippen LogP contribution in [0, 0.1) is 0 Å². The van der Waals surface area contributed by atoms with E-state index >= 15 is 0 Å². The van der Waals surface area contributed by atoms with Gasteiger partial charge in [-0.1, -0.05) is 47.5 Å². The molecule has 2 rings (SSSR count). The normalized spacial score (nSPS) is 13.7. The van der Waals surface area contributed by atoms with Crippen LogP contribution in [-0.4, -0.2) is 25.0 Å². The molecule has 0 heterocycles. The molecule has 6 heteroatoms. The Morgan fingerprint density at radius 1 is 0.625 bits per heavy atom. The fourth-order valence-electron chi connectivity index (χ4n) is 2.36. The Morgan fingerprint density at radius 3 is 1.25 bits per heavy atom. The van der Waals surface area contributed by atoms with Gasteiger partial charge in [-0.05, 0) is 35.4 Å². The van der Waals surface area contributed by atoms with E-state index in [1.807, 2.05) is 48.5 Å². The Morgan fingerprint density at radius 2 is 0.958 bits per heavy atom. The zero-order valence-corrected chi connectivity index (χ0v) is 16.0. The third kappa shape index (κ3) is 5.80. The molecule has 0 aliphatic carbocycles. The van der Waals surface area contributed by atoms with E-state index < -0.39 is 0 Å². The third-order valence-corrected chi connectivity index (χ3v) is 4.23. The maximum atomic E-state index is 5.99. The summed E-state index contributed by atoms with van der Waals surface area (Å²) in [5.41, 5.74) is 1.91. The Kier molecular flexibility index (Phi) is 8.68. The standard InChI is InChI=1S/C18H18Cl4O2/c19-9-11-23-17(13-1-5-15(21)6-2-13)18(24-12-10-20)14-3-7-16(22)8-4-14/h1-8,17-18H,9-12H2. The molecule has 0 saturated carbocycles. The van der Waals surface area contributed by atoms with Crippen LogP contribution < -0.4 is 0 Å². The number of halogens is 4. The Hall–Kier alpha value is -0.480. The van der Waals surface area contributed by atoms with E-state index in [-0.39, 0.29) is 12.2 Å². The molecule has 2 aromatic rings. The fourth-order valence-corrected chi connectivity index (χ4v) is 2.79. The molecule has 2 atom stereocenters. The largest absolute Gasteiger partial charge is 0.369 e. The van der Waals surface area contributed by atoms with Crippen LogP contribution in [-0.2, 0) is 9.47 Å². The van der Waals surface area contributed by atoms with Gasteiger partial charge < -0.3 is 9.47 Å². The van der Waals surface area contributed by atoms with Crippen molar-refractivity contribution in [3.05, 3.63) is 69.7 Å². The molecule has 0 radical (unpaired) electrons. The summed E-state index contributed by atoms with van der Waals surface area (Å²) in [5, 5.41) is 1.33. The first-order valence-electron chi connectivity index (χ1n) is 7.51. The lowest BCUT2D eigenvalue weighted by Gasteiger charge is -2.28. The van der Waals surface area contributed by atoms with E-state index in [2.05, 4.69) is 0 Å².